The van der Waals surface area contributed by atoms with Crippen LogP contribution >= 0.6 is 0 Å². The first-order chi connectivity index (χ1) is 5.33. The van der Waals surface area contributed by atoms with Crippen LogP contribution in [0.5, 0.6) is 0 Å². The minimum Gasteiger partial charge on any atom is -0.0993 e. The van der Waals surface area contributed by atoms with Crippen molar-refractivity contribution in [2.45, 2.75) is 51.4 Å². The van der Waals surface area contributed by atoms with E-state index in [1.807, 2.05) is 0 Å². The van der Waals surface area contributed by atoms with Gasteiger partial charge < -0.3 is 0 Å². The summed E-state index contributed by atoms with van der Waals surface area (Å²) >= 11 is 0. The summed E-state index contributed by atoms with van der Waals surface area (Å²) in [6.07, 6.45) is 11.5. The van der Waals surface area contributed by atoms with Crippen molar-refractivity contribution in [1.82, 2.24) is 0 Å². The highest BCUT2D eigenvalue weighted by atomic mass is 14.4. The molecule has 0 aliphatic heterocycles. The summed E-state index contributed by atoms with van der Waals surface area (Å²) in [6, 6.07) is 0. The monoisotopic (exact) mass is 150 g/mol. The smallest absolute Gasteiger partial charge is 0.00907 e. The van der Waals surface area contributed by atoms with Gasteiger partial charge in [-0.3, -0.25) is 0 Å². The van der Waals surface area contributed by atoms with E-state index in [0.717, 1.165) is 0 Å². The Bertz CT molecular complexity index is 161. The van der Waals surface area contributed by atoms with Crippen LogP contribution in [-0.4, -0.2) is 0 Å². The fraction of sp³-hybridized carbons (Fsp3) is 0.818. The minimum atomic E-state index is 0.637. The summed E-state index contributed by atoms with van der Waals surface area (Å²) in [7, 11) is 0. The van der Waals surface area contributed by atoms with Gasteiger partial charge in [0.1, 0.15) is 0 Å². The molecule has 11 heavy (non-hydrogen) atoms. The van der Waals surface area contributed by atoms with Crippen molar-refractivity contribution in [2.24, 2.45) is 5.41 Å². The Hall–Kier alpha value is -0.260. The molecule has 0 bridgehead atoms. The standard InChI is InChI=1S/C11H18/c1-10-6-5-9-11(10)7-3-2-4-8-11/h1-9H2. The third-order valence-electron chi connectivity index (χ3n) is 3.69. The summed E-state index contributed by atoms with van der Waals surface area (Å²) in [6.45, 7) is 4.23. The Morgan fingerprint density at radius 2 is 1.55 bits per heavy atom. The molecule has 0 unspecified atom stereocenters. The van der Waals surface area contributed by atoms with Gasteiger partial charge >= 0.3 is 0 Å². The van der Waals surface area contributed by atoms with E-state index < -0.39 is 0 Å². The summed E-state index contributed by atoms with van der Waals surface area (Å²) in [5.74, 6) is 0. The van der Waals surface area contributed by atoms with Crippen molar-refractivity contribution in [3.63, 3.8) is 0 Å². The first-order valence-corrected chi connectivity index (χ1v) is 5.02. The van der Waals surface area contributed by atoms with Gasteiger partial charge in [-0.05, 0) is 37.5 Å². The molecule has 2 saturated carbocycles. The largest absolute Gasteiger partial charge is 0.0993 e. The van der Waals surface area contributed by atoms with Crippen molar-refractivity contribution in [1.29, 1.82) is 0 Å². The molecule has 1 spiro atoms. The first kappa shape index (κ1) is 7.39. The Labute approximate surface area is 69.7 Å². The highest BCUT2D eigenvalue weighted by molar-refractivity contribution is 5.15. The van der Waals surface area contributed by atoms with Crippen LogP contribution < -0.4 is 0 Å². The van der Waals surface area contributed by atoms with E-state index in [-0.39, 0.29) is 0 Å². The Morgan fingerprint density at radius 3 is 2.09 bits per heavy atom. The van der Waals surface area contributed by atoms with Gasteiger partial charge in [-0.25, -0.2) is 0 Å². The molecule has 0 aromatic heterocycles. The zero-order chi connectivity index (χ0) is 7.73. The van der Waals surface area contributed by atoms with Gasteiger partial charge in [0.2, 0.25) is 0 Å². The average molecular weight is 150 g/mol. The van der Waals surface area contributed by atoms with Crippen LogP contribution in [0.4, 0.5) is 0 Å². The van der Waals surface area contributed by atoms with E-state index in [4.69, 9.17) is 0 Å². The summed E-state index contributed by atoms with van der Waals surface area (Å²) in [5, 5.41) is 0. The fourth-order valence-corrected chi connectivity index (χ4v) is 2.91. The van der Waals surface area contributed by atoms with Crippen molar-refractivity contribution in [3.8, 4) is 0 Å². The summed E-state index contributed by atoms with van der Waals surface area (Å²) in [4.78, 5) is 0. The Kier molecular flexibility index (Phi) is 1.78. The first-order valence-electron chi connectivity index (χ1n) is 5.02. The van der Waals surface area contributed by atoms with Crippen molar-refractivity contribution < 1.29 is 0 Å². The van der Waals surface area contributed by atoms with E-state index in [2.05, 4.69) is 6.58 Å². The molecule has 2 rings (SSSR count). The lowest BCUT2D eigenvalue weighted by atomic mass is 9.71. The second-order valence-corrected chi connectivity index (χ2v) is 4.30. The molecule has 2 aliphatic carbocycles. The zero-order valence-corrected chi connectivity index (χ0v) is 7.36. The van der Waals surface area contributed by atoms with Crippen LogP contribution in [0.2, 0.25) is 0 Å². The molecular weight excluding hydrogens is 132 g/mol. The minimum absolute atomic E-state index is 0.637. The number of allylic oxidation sites excluding steroid dienone is 1. The molecule has 0 nitrogen and oxygen atoms in total. The van der Waals surface area contributed by atoms with E-state index in [1.54, 1.807) is 5.57 Å². The second-order valence-electron chi connectivity index (χ2n) is 4.30. The molecule has 0 saturated heterocycles. The third kappa shape index (κ3) is 1.13. The lowest BCUT2D eigenvalue weighted by molar-refractivity contribution is 0.248. The molecule has 62 valence electrons. The maximum Gasteiger partial charge on any atom is -0.00907 e. The summed E-state index contributed by atoms with van der Waals surface area (Å²) < 4.78 is 0. The van der Waals surface area contributed by atoms with Gasteiger partial charge in [0.05, 0.1) is 0 Å². The van der Waals surface area contributed by atoms with Gasteiger partial charge in [-0.1, -0.05) is 31.4 Å². The van der Waals surface area contributed by atoms with Gasteiger partial charge in [-0.2, -0.15) is 0 Å². The molecule has 0 aromatic rings. The van der Waals surface area contributed by atoms with Crippen LogP contribution in [-0.2, 0) is 0 Å². The van der Waals surface area contributed by atoms with Crippen molar-refractivity contribution in [2.75, 3.05) is 0 Å². The van der Waals surface area contributed by atoms with Gasteiger partial charge in [0.15, 0.2) is 0 Å². The second kappa shape index (κ2) is 2.66. The van der Waals surface area contributed by atoms with Crippen molar-refractivity contribution in [3.05, 3.63) is 12.2 Å². The van der Waals surface area contributed by atoms with Crippen LogP contribution in [0.1, 0.15) is 51.4 Å². The maximum atomic E-state index is 4.23. The fourth-order valence-electron chi connectivity index (χ4n) is 2.91. The zero-order valence-electron chi connectivity index (χ0n) is 7.36. The molecule has 0 heterocycles. The molecule has 0 N–H and O–H groups in total. The molecule has 0 amide bonds. The summed E-state index contributed by atoms with van der Waals surface area (Å²) in [5.41, 5.74) is 2.22. The Balaban J connectivity index is 2.12. The lowest BCUT2D eigenvalue weighted by Gasteiger charge is -2.34. The van der Waals surface area contributed by atoms with E-state index >= 15 is 0 Å². The van der Waals surface area contributed by atoms with Gasteiger partial charge in [-0.15, -0.1) is 0 Å². The van der Waals surface area contributed by atoms with Crippen LogP contribution in [0, 0.1) is 5.41 Å². The predicted molar refractivity (Wildman–Crippen MR) is 48.5 cm³/mol. The number of hydrogen-bond acceptors (Lipinski definition) is 0. The quantitative estimate of drug-likeness (QED) is 0.462. The molecule has 0 aromatic carbocycles. The number of hydrogen-bond donors (Lipinski definition) is 0. The van der Waals surface area contributed by atoms with E-state index in [9.17, 15) is 0 Å². The molecule has 0 heteroatoms. The normalized spacial score (nSPS) is 29.6. The molecule has 2 aliphatic rings. The SMILES string of the molecule is C=C1CCCC12CCCCC2. The lowest BCUT2D eigenvalue weighted by Crippen LogP contribution is -2.21. The third-order valence-corrected chi connectivity index (χ3v) is 3.69. The average Bonchev–Trinajstić information content (AvgIpc) is 2.36. The molecule has 2 fully saturated rings. The highest BCUT2D eigenvalue weighted by Crippen LogP contribution is 2.51. The highest BCUT2D eigenvalue weighted by Gasteiger charge is 2.37. The van der Waals surface area contributed by atoms with E-state index in [1.165, 1.54) is 51.4 Å². The topological polar surface area (TPSA) is 0 Å². The van der Waals surface area contributed by atoms with Crippen molar-refractivity contribution >= 4 is 0 Å². The molecular formula is C11H18. The maximum absolute atomic E-state index is 4.23. The van der Waals surface area contributed by atoms with E-state index in [0.29, 0.717) is 5.41 Å². The molecule has 0 atom stereocenters. The van der Waals surface area contributed by atoms with Gasteiger partial charge in [0, 0.05) is 0 Å². The Morgan fingerprint density at radius 1 is 0.909 bits per heavy atom. The number of rotatable bonds is 0. The molecule has 0 radical (unpaired) electrons. The predicted octanol–water partition coefficient (Wildman–Crippen LogP) is 3.68. The van der Waals surface area contributed by atoms with Crippen LogP contribution in [0.3, 0.4) is 0 Å². The van der Waals surface area contributed by atoms with Gasteiger partial charge in [0.25, 0.3) is 0 Å². The van der Waals surface area contributed by atoms with Crippen LogP contribution in [0.25, 0.3) is 0 Å². The van der Waals surface area contributed by atoms with Crippen LogP contribution in [0.15, 0.2) is 12.2 Å².